The molecular weight excluding hydrogens is 172 g/mol. The van der Waals surface area contributed by atoms with E-state index in [9.17, 15) is 0 Å². The Morgan fingerprint density at radius 3 is 2.79 bits per heavy atom. The van der Waals surface area contributed by atoms with Crippen LogP contribution in [0.2, 0.25) is 0 Å². The first-order chi connectivity index (χ1) is 6.69. The Morgan fingerprint density at radius 1 is 1.50 bits per heavy atom. The van der Waals surface area contributed by atoms with Gasteiger partial charge in [-0.25, -0.2) is 0 Å². The van der Waals surface area contributed by atoms with Gasteiger partial charge in [-0.15, -0.1) is 0 Å². The van der Waals surface area contributed by atoms with Crippen LogP contribution in [-0.4, -0.2) is 23.5 Å². The van der Waals surface area contributed by atoms with Gasteiger partial charge >= 0.3 is 0 Å². The van der Waals surface area contributed by atoms with E-state index in [1.807, 2.05) is 0 Å². The van der Waals surface area contributed by atoms with Crippen LogP contribution in [0.1, 0.15) is 46.5 Å². The van der Waals surface area contributed by atoms with Crippen LogP contribution in [0.25, 0.3) is 0 Å². The normalized spacial score (nSPS) is 31.0. The number of hydrogen-bond donors (Lipinski definition) is 0. The summed E-state index contributed by atoms with van der Waals surface area (Å²) in [6.07, 6.45) is 4.62. The summed E-state index contributed by atoms with van der Waals surface area (Å²) in [5.74, 6) is 0.854. The van der Waals surface area contributed by atoms with Gasteiger partial charge in [-0.2, -0.15) is 5.26 Å². The largest absolute Gasteiger partial charge is 0.297 e. The molecule has 2 nitrogen and oxygen atoms in total. The van der Waals surface area contributed by atoms with Crippen molar-refractivity contribution in [1.29, 1.82) is 5.26 Å². The molecule has 1 fully saturated rings. The number of piperidine rings is 1. The minimum absolute atomic E-state index is 0.435. The Hall–Kier alpha value is -0.550. The zero-order valence-electron chi connectivity index (χ0n) is 9.66. The highest BCUT2D eigenvalue weighted by Crippen LogP contribution is 2.26. The van der Waals surface area contributed by atoms with E-state index >= 15 is 0 Å². The second kappa shape index (κ2) is 5.36. The second-order valence-corrected chi connectivity index (χ2v) is 4.61. The lowest BCUT2D eigenvalue weighted by Crippen LogP contribution is -2.46. The van der Waals surface area contributed by atoms with Gasteiger partial charge in [0.25, 0.3) is 0 Å². The summed E-state index contributed by atoms with van der Waals surface area (Å²) in [5, 5.41) is 8.70. The SMILES string of the molecule is CCC1CCC(C)N(C(C)CC#N)C1. The van der Waals surface area contributed by atoms with E-state index in [0.717, 1.165) is 5.92 Å². The highest BCUT2D eigenvalue weighted by molar-refractivity contribution is 4.86. The van der Waals surface area contributed by atoms with Gasteiger partial charge < -0.3 is 0 Å². The predicted octanol–water partition coefficient (Wildman–Crippen LogP) is 2.80. The molecule has 0 saturated carbocycles. The minimum atomic E-state index is 0.435. The molecule has 0 radical (unpaired) electrons. The van der Waals surface area contributed by atoms with Crippen LogP contribution in [0.15, 0.2) is 0 Å². The average molecular weight is 194 g/mol. The third-order valence-corrected chi connectivity index (χ3v) is 3.56. The highest BCUT2D eigenvalue weighted by atomic mass is 15.2. The molecule has 1 aliphatic rings. The Bertz CT molecular complexity index is 207. The number of likely N-dealkylation sites (tertiary alicyclic amines) is 1. The van der Waals surface area contributed by atoms with Gasteiger partial charge in [-0.05, 0) is 32.6 Å². The number of nitriles is 1. The van der Waals surface area contributed by atoms with Crippen molar-refractivity contribution in [2.45, 2.75) is 58.5 Å². The molecule has 1 saturated heterocycles. The smallest absolute Gasteiger partial charge is 0.0638 e. The quantitative estimate of drug-likeness (QED) is 0.690. The molecule has 3 unspecified atom stereocenters. The van der Waals surface area contributed by atoms with Crippen molar-refractivity contribution in [2.75, 3.05) is 6.54 Å². The topological polar surface area (TPSA) is 27.0 Å². The van der Waals surface area contributed by atoms with Crippen LogP contribution in [0.5, 0.6) is 0 Å². The molecule has 0 aliphatic carbocycles. The van der Waals surface area contributed by atoms with Gasteiger partial charge in [0.05, 0.1) is 12.5 Å². The van der Waals surface area contributed by atoms with Gasteiger partial charge in [-0.3, -0.25) is 4.90 Å². The third-order valence-electron chi connectivity index (χ3n) is 3.56. The summed E-state index contributed by atoms with van der Waals surface area (Å²) in [7, 11) is 0. The van der Waals surface area contributed by atoms with E-state index in [2.05, 4.69) is 31.7 Å². The van der Waals surface area contributed by atoms with Crippen molar-refractivity contribution in [2.24, 2.45) is 5.92 Å². The maximum absolute atomic E-state index is 8.70. The van der Waals surface area contributed by atoms with Crippen molar-refractivity contribution in [3.8, 4) is 6.07 Å². The number of hydrogen-bond acceptors (Lipinski definition) is 2. The lowest BCUT2D eigenvalue weighted by molar-refractivity contribution is 0.0792. The van der Waals surface area contributed by atoms with E-state index in [0.29, 0.717) is 18.5 Å². The molecule has 0 aromatic carbocycles. The second-order valence-electron chi connectivity index (χ2n) is 4.61. The molecule has 0 spiro atoms. The summed E-state index contributed by atoms with van der Waals surface area (Å²) in [6, 6.07) is 3.38. The van der Waals surface area contributed by atoms with Crippen LogP contribution in [0.4, 0.5) is 0 Å². The van der Waals surface area contributed by atoms with Crippen LogP contribution in [0.3, 0.4) is 0 Å². The summed E-state index contributed by atoms with van der Waals surface area (Å²) in [5.41, 5.74) is 0. The zero-order chi connectivity index (χ0) is 10.6. The van der Waals surface area contributed by atoms with Crippen molar-refractivity contribution in [3.63, 3.8) is 0 Å². The van der Waals surface area contributed by atoms with Crippen molar-refractivity contribution < 1.29 is 0 Å². The van der Waals surface area contributed by atoms with Gasteiger partial charge in [0, 0.05) is 18.6 Å². The summed E-state index contributed by atoms with van der Waals surface area (Å²) in [4.78, 5) is 2.51. The maximum atomic E-state index is 8.70. The molecule has 1 rings (SSSR count). The van der Waals surface area contributed by atoms with Crippen LogP contribution < -0.4 is 0 Å². The molecule has 0 aromatic rings. The summed E-state index contributed by atoms with van der Waals surface area (Å²) < 4.78 is 0. The van der Waals surface area contributed by atoms with E-state index in [1.54, 1.807) is 0 Å². The van der Waals surface area contributed by atoms with Gasteiger partial charge in [-0.1, -0.05) is 13.3 Å². The molecule has 1 heterocycles. The van der Waals surface area contributed by atoms with Crippen LogP contribution in [-0.2, 0) is 0 Å². The molecule has 0 bridgehead atoms. The van der Waals surface area contributed by atoms with E-state index < -0.39 is 0 Å². The van der Waals surface area contributed by atoms with Gasteiger partial charge in [0.15, 0.2) is 0 Å². The molecule has 0 amide bonds. The van der Waals surface area contributed by atoms with E-state index in [4.69, 9.17) is 5.26 Å². The molecular formula is C12H22N2. The fourth-order valence-electron chi connectivity index (χ4n) is 2.41. The molecule has 80 valence electrons. The number of rotatable bonds is 3. The number of nitrogens with zero attached hydrogens (tertiary/aromatic N) is 2. The molecule has 3 atom stereocenters. The van der Waals surface area contributed by atoms with Gasteiger partial charge in [0.1, 0.15) is 0 Å². The zero-order valence-corrected chi connectivity index (χ0v) is 9.66. The lowest BCUT2D eigenvalue weighted by Gasteiger charge is -2.41. The molecule has 1 aliphatic heterocycles. The molecule has 0 aromatic heterocycles. The average Bonchev–Trinajstić information content (AvgIpc) is 2.19. The Kier molecular flexibility index (Phi) is 4.41. The predicted molar refractivity (Wildman–Crippen MR) is 58.9 cm³/mol. The Labute approximate surface area is 87.9 Å². The fraction of sp³-hybridized carbons (Fsp3) is 0.917. The van der Waals surface area contributed by atoms with E-state index in [1.165, 1.54) is 25.8 Å². The highest BCUT2D eigenvalue weighted by Gasteiger charge is 2.27. The summed E-state index contributed by atoms with van der Waals surface area (Å²) in [6.45, 7) is 7.94. The lowest BCUT2D eigenvalue weighted by atomic mass is 9.90. The fourth-order valence-corrected chi connectivity index (χ4v) is 2.41. The molecule has 0 N–H and O–H groups in total. The standard InChI is InChI=1S/C12H22N2/c1-4-12-6-5-10(2)14(9-12)11(3)7-8-13/h10-12H,4-7,9H2,1-3H3. The van der Waals surface area contributed by atoms with Crippen molar-refractivity contribution in [3.05, 3.63) is 0 Å². The Morgan fingerprint density at radius 2 is 2.21 bits per heavy atom. The van der Waals surface area contributed by atoms with Crippen molar-refractivity contribution in [1.82, 2.24) is 4.90 Å². The Balaban J connectivity index is 2.52. The first-order valence-electron chi connectivity index (χ1n) is 5.81. The molecule has 2 heteroatoms. The third kappa shape index (κ3) is 2.72. The van der Waals surface area contributed by atoms with Crippen LogP contribution >= 0.6 is 0 Å². The molecule has 14 heavy (non-hydrogen) atoms. The monoisotopic (exact) mass is 194 g/mol. The minimum Gasteiger partial charge on any atom is -0.297 e. The maximum Gasteiger partial charge on any atom is 0.0638 e. The van der Waals surface area contributed by atoms with Crippen LogP contribution in [0, 0.1) is 17.2 Å². The first kappa shape index (κ1) is 11.5. The summed E-state index contributed by atoms with van der Waals surface area (Å²) >= 11 is 0. The van der Waals surface area contributed by atoms with Crippen molar-refractivity contribution >= 4 is 0 Å². The van der Waals surface area contributed by atoms with Gasteiger partial charge in [0.2, 0.25) is 0 Å². The van der Waals surface area contributed by atoms with E-state index in [-0.39, 0.29) is 0 Å². The first-order valence-corrected chi connectivity index (χ1v) is 5.81.